The van der Waals surface area contributed by atoms with Gasteiger partial charge in [0, 0.05) is 5.69 Å². The smallest absolute Gasteiger partial charge is 0.312 e. The van der Waals surface area contributed by atoms with Crippen LogP contribution in [0.5, 0.6) is 0 Å². The van der Waals surface area contributed by atoms with Gasteiger partial charge in [-0.3, -0.25) is 9.59 Å². The maximum Gasteiger partial charge on any atom is 0.312 e. The van der Waals surface area contributed by atoms with Crippen molar-refractivity contribution in [1.82, 2.24) is 0 Å². The Hall–Kier alpha value is -2.66. The Bertz CT molecular complexity index is 939. The first-order valence-corrected chi connectivity index (χ1v) is 10.8. The molecule has 30 heavy (non-hydrogen) atoms. The Morgan fingerprint density at radius 1 is 0.933 bits per heavy atom. The van der Waals surface area contributed by atoms with E-state index >= 15 is 0 Å². The van der Waals surface area contributed by atoms with E-state index in [1.165, 1.54) is 0 Å². The summed E-state index contributed by atoms with van der Waals surface area (Å²) in [7, 11) is 0. The Labute approximate surface area is 176 Å². The summed E-state index contributed by atoms with van der Waals surface area (Å²) in [6.45, 7) is -0.297. The van der Waals surface area contributed by atoms with Crippen molar-refractivity contribution in [3.63, 3.8) is 0 Å². The summed E-state index contributed by atoms with van der Waals surface area (Å²) in [6.07, 6.45) is 4.77. The van der Waals surface area contributed by atoms with Crippen molar-refractivity contribution < 1.29 is 19.4 Å². The highest BCUT2D eigenvalue weighted by molar-refractivity contribution is 5.93. The van der Waals surface area contributed by atoms with Gasteiger partial charge in [-0.05, 0) is 73.6 Å². The summed E-state index contributed by atoms with van der Waals surface area (Å²) >= 11 is 0. The number of esters is 1. The molecule has 2 aromatic rings. The standard InChI is InChI=1S/C25H27NO4/c27-22(26-21-8-6-20(7-9-21)19-4-2-1-3-5-19)15-30-23(28)24-11-17-10-18(12-24)14-25(29,13-17)16-24/h1-9,17-18,29H,10-16H2,(H,26,27)/t17-,18+,24?,25?. The number of nitrogens with one attached hydrogen (secondary N) is 1. The number of anilines is 1. The van der Waals surface area contributed by atoms with E-state index in [-0.39, 0.29) is 18.5 Å². The molecule has 0 spiro atoms. The Kier molecular flexibility index (Phi) is 4.66. The minimum absolute atomic E-state index is 0.297. The summed E-state index contributed by atoms with van der Waals surface area (Å²) in [4.78, 5) is 25.2. The average molecular weight is 405 g/mol. The Morgan fingerprint density at radius 3 is 2.20 bits per heavy atom. The fraction of sp³-hybridized carbons (Fsp3) is 0.440. The van der Waals surface area contributed by atoms with Crippen molar-refractivity contribution in [2.75, 3.05) is 11.9 Å². The summed E-state index contributed by atoms with van der Waals surface area (Å²) in [5, 5.41) is 13.6. The summed E-state index contributed by atoms with van der Waals surface area (Å²) < 4.78 is 5.44. The van der Waals surface area contributed by atoms with E-state index in [1.54, 1.807) is 0 Å². The lowest BCUT2D eigenvalue weighted by molar-refractivity contribution is -0.196. The molecule has 4 aliphatic carbocycles. The van der Waals surface area contributed by atoms with Crippen LogP contribution in [-0.2, 0) is 14.3 Å². The van der Waals surface area contributed by atoms with Crippen LogP contribution in [0.3, 0.4) is 0 Å². The largest absolute Gasteiger partial charge is 0.455 e. The molecule has 0 radical (unpaired) electrons. The summed E-state index contributed by atoms with van der Waals surface area (Å²) in [6, 6.07) is 17.6. The number of ether oxygens (including phenoxy) is 1. The number of aliphatic hydroxyl groups is 1. The second kappa shape index (κ2) is 7.24. The molecule has 2 N–H and O–H groups in total. The molecule has 156 valence electrons. The predicted molar refractivity (Wildman–Crippen MR) is 114 cm³/mol. The lowest BCUT2D eigenvalue weighted by atomic mass is 9.48. The van der Waals surface area contributed by atoms with Crippen LogP contribution in [0.25, 0.3) is 11.1 Å². The number of benzene rings is 2. The number of carbonyl (C=O) groups is 2. The molecule has 4 bridgehead atoms. The molecule has 0 aliphatic heterocycles. The quantitative estimate of drug-likeness (QED) is 0.732. The van der Waals surface area contributed by atoms with Crippen molar-refractivity contribution >= 4 is 17.6 Å². The van der Waals surface area contributed by atoms with Gasteiger partial charge in [0.1, 0.15) is 0 Å². The van der Waals surface area contributed by atoms with Gasteiger partial charge in [-0.25, -0.2) is 0 Å². The Morgan fingerprint density at radius 2 is 1.57 bits per heavy atom. The molecule has 4 fully saturated rings. The van der Waals surface area contributed by atoms with Gasteiger partial charge in [0.25, 0.3) is 5.91 Å². The molecule has 5 nitrogen and oxygen atoms in total. The fourth-order valence-corrected chi connectivity index (χ4v) is 6.31. The van der Waals surface area contributed by atoms with E-state index in [9.17, 15) is 14.7 Å². The molecule has 4 saturated carbocycles. The molecule has 0 heterocycles. The molecule has 1 amide bonds. The fourth-order valence-electron chi connectivity index (χ4n) is 6.31. The average Bonchev–Trinajstić information content (AvgIpc) is 2.71. The monoisotopic (exact) mass is 405 g/mol. The van der Waals surface area contributed by atoms with Gasteiger partial charge in [0.05, 0.1) is 11.0 Å². The van der Waals surface area contributed by atoms with Crippen molar-refractivity contribution in [2.24, 2.45) is 17.3 Å². The second-order valence-electron chi connectivity index (χ2n) is 9.53. The van der Waals surface area contributed by atoms with Crippen LogP contribution >= 0.6 is 0 Å². The van der Waals surface area contributed by atoms with Crippen molar-refractivity contribution in [2.45, 2.75) is 44.1 Å². The van der Waals surface area contributed by atoms with Crippen LogP contribution in [0.4, 0.5) is 5.69 Å². The first-order chi connectivity index (χ1) is 14.4. The topological polar surface area (TPSA) is 75.6 Å². The first kappa shape index (κ1) is 19.3. The lowest BCUT2D eigenvalue weighted by Gasteiger charge is -2.58. The third-order valence-electron chi connectivity index (χ3n) is 7.07. The molecule has 2 unspecified atom stereocenters. The molecular formula is C25H27NO4. The number of carbonyl (C=O) groups excluding carboxylic acids is 2. The zero-order valence-electron chi connectivity index (χ0n) is 17.0. The number of rotatable bonds is 5. The van der Waals surface area contributed by atoms with Gasteiger partial charge in [-0.15, -0.1) is 0 Å². The number of hydrogen-bond acceptors (Lipinski definition) is 4. The molecular weight excluding hydrogens is 378 g/mol. The van der Waals surface area contributed by atoms with E-state index in [1.807, 2.05) is 54.6 Å². The Balaban J connectivity index is 1.17. The molecule has 0 aromatic heterocycles. The molecule has 6 rings (SSSR count). The first-order valence-electron chi connectivity index (χ1n) is 10.8. The highest BCUT2D eigenvalue weighted by atomic mass is 16.5. The van der Waals surface area contributed by atoms with Crippen LogP contribution in [-0.4, -0.2) is 29.2 Å². The molecule has 2 aromatic carbocycles. The van der Waals surface area contributed by atoms with Crippen LogP contribution in [0.15, 0.2) is 54.6 Å². The van der Waals surface area contributed by atoms with E-state index < -0.39 is 11.0 Å². The van der Waals surface area contributed by atoms with E-state index in [0.717, 1.165) is 43.2 Å². The SMILES string of the molecule is O=C(COC(=O)C12C[C@@H]3C[C@@H](CC(O)(C3)C1)C2)Nc1ccc(-c2ccccc2)cc1. The normalized spacial score (nSPS) is 31.4. The second-order valence-corrected chi connectivity index (χ2v) is 9.53. The van der Waals surface area contributed by atoms with Crippen molar-refractivity contribution in [1.29, 1.82) is 0 Å². The zero-order chi connectivity index (χ0) is 20.8. The number of amides is 1. The predicted octanol–water partition coefficient (Wildman–Crippen LogP) is 4.17. The molecule has 0 saturated heterocycles. The van der Waals surface area contributed by atoms with Gasteiger partial charge in [0.2, 0.25) is 0 Å². The lowest BCUT2D eigenvalue weighted by Crippen LogP contribution is -2.58. The van der Waals surface area contributed by atoms with Crippen molar-refractivity contribution in [3.05, 3.63) is 54.6 Å². The van der Waals surface area contributed by atoms with Gasteiger partial charge in [-0.2, -0.15) is 0 Å². The molecule has 5 heteroatoms. The van der Waals surface area contributed by atoms with Crippen molar-refractivity contribution in [3.8, 4) is 11.1 Å². The minimum Gasteiger partial charge on any atom is -0.455 e. The van der Waals surface area contributed by atoms with Crippen LogP contribution < -0.4 is 5.32 Å². The maximum atomic E-state index is 12.9. The molecule has 4 aliphatic rings. The van der Waals surface area contributed by atoms with E-state index in [4.69, 9.17) is 4.74 Å². The zero-order valence-corrected chi connectivity index (χ0v) is 17.0. The van der Waals surface area contributed by atoms with E-state index in [0.29, 0.717) is 23.9 Å². The molecule has 4 atom stereocenters. The van der Waals surface area contributed by atoms with Gasteiger partial charge >= 0.3 is 5.97 Å². The van der Waals surface area contributed by atoms with Crippen LogP contribution in [0.1, 0.15) is 38.5 Å². The van der Waals surface area contributed by atoms with Gasteiger partial charge in [-0.1, -0.05) is 42.5 Å². The summed E-state index contributed by atoms with van der Waals surface area (Å²) in [5.41, 5.74) is 1.53. The van der Waals surface area contributed by atoms with Crippen LogP contribution in [0.2, 0.25) is 0 Å². The van der Waals surface area contributed by atoms with Gasteiger partial charge in [0.15, 0.2) is 6.61 Å². The van der Waals surface area contributed by atoms with E-state index in [2.05, 4.69) is 5.32 Å². The highest BCUT2D eigenvalue weighted by Crippen LogP contribution is 2.61. The maximum absolute atomic E-state index is 12.9. The third-order valence-corrected chi connectivity index (χ3v) is 7.07. The van der Waals surface area contributed by atoms with Crippen LogP contribution in [0, 0.1) is 17.3 Å². The minimum atomic E-state index is -0.716. The highest BCUT2D eigenvalue weighted by Gasteiger charge is 2.60. The van der Waals surface area contributed by atoms with Gasteiger partial charge < -0.3 is 15.2 Å². The summed E-state index contributed by atoms with van der Waals surface area (Å²) in [5.74, 6) is 0.144. The number of hydrogen-bond donors (Lipinski definition) is 2. The third kappa shape index (κ3) is 3.63.